The molecule has 1 heterocycles. The normalized spacial score (nSPS) is 12.7. The Bertz CT molecular complexity index is 477. The van der Waals surface area contributed by atoms with Gasteiger partial charge in [0.15, 0.2) is 0 Å². The number of halogens is 1. The van der Waals surface area contributed by atoms with Gasteiger partial charge in [-0.1, -0.05) is 41.1 Å². The number of fused-ring (bicyclic) bond motifs is 1. The van der Waals surface area contributed by atoms with Crippen LogP contribution in [0.25, 0.3) is 10.9 Å². The van der Waals surface area contributed by atoms with Gasteiger partial charge in [-0.2, -0.15) is 0 Å². The van der Waals surface area contributed by atoms with E-state index in [1.807, 2.05) is 18.3 Å². The van der Waals surface area contributed by atoms with Crippen molar-refractivity contribution in [2.24, 2.45) is 0 Å². The lowest BCUT2D eigenvalue weighted by Crippen LogP contribution is -2.24. The molecule has 2 nitrogen and oxygen atoms in total. The Morgan fingerprint density at radius 3 is 2.81 bits per heavy atom. The Kier molecular flexibility index (Phi) is 3.44. The van der Waals surface area contributed by atoms with Crippen LogP contribution in [-0.4, -0.2) is 23.4 Å². The van der Waals surface area contributed by atoms with E-state index in [0.717, 1.165) is 12.1 Å². The minimum absolute atomic E-state index is 0.476. The summed E-state index contributed by atoms with van der Waals surface area (Å²) in [5, 5.41) is 1.21. The zero-order valence-electron chi connectivity index (χ0n) is 9.52. The zero-order chi connectivity index (χ0) is 11.5. The van der Waals surface area contributed by atoms with Crippen molar-refractivity contribution in [2.45, 2.75) is 11.8 Å². The molecule has 0 aliphatic rings. The first-order chi connectivity index (χ1) is 7.68. The standard InChI is InChI=1S/C13H15BrN2/c1-10(14)9-16(2)13-7-8-15-12-6-4-3-5-11(12)13/h3-8,10H,9H2,1-2H3. The van der Waals surface area contributed by atoms with E-state index in [4.69, 9.17) is 0 Å². The van der Waals surface area contributed by atoms with Crippen molar-refractivity contribution in [1.82, 2.24) is 4.98 Å². The second-order valence-corrected chi connectivity index (χ2v) is 5.57. The van der Waals surface area contributed by atoms with E-state index < -0.39 is 0 Å². The van der Waals surface area contributed by atoms with Crippen LogP contribution in [0.3, 0.4) is 0 Å². The average Bonchev–Trinajstić information content (AvgIpc) is 2.27. The molecule has 0 saturated heterocycles. The lowest BCUT2D eigenvalue weighted by atomic mass is 10.1. The third-order valence-electron chi connectivity index (χ3n) is 2.56. The maximum atomic E-state index is 4.37. The number of hydrogen-bond acceptors (Lipinski definition) is 2. The Balaban J connectivity index is 2.44. The molecule has 0 radical (unpaired) electrons. The van der Waals surface area contributed by atoms with Crippen LogP contribution in [0.4, 0.5) is 5.69 Å². The summed E-state index contributed by atoms with van der Waals surface area (Å²) in [6, 6.07) is 10.3. The van der Waals surface area contributed by atoms with Gasteiger partial charge in [-0.25, -0.2) is 0 Å². The van der Waals surface area contributed by atoms with E-state index in [1.54, 1.807) is 0 Å². The average molecular weight is 279 g/mol. The van der Waals surface area contributed by atoms with Crippen LogP contribution in [-0.2, 0) is 0 Å². The van der Waals surface area contributed by atoms with Crippen molar-refractivity contribution in [3.05, 3.63) is 36.5 Å². The number of hydrogen-bond donors (Lipinski definition) is 0. The van der Waals surface area contributed by atoms with Crippen molar-refractivity contribution < 1.29 is 0 Å². The van der Waals surface area contributed by atoms with Gasteiger partial charge in [-0.3, -0.25) is 4.98 Å². The van der Waals surface area contributed by atoms with Gasteiger partial charge in [0.25, 0.3) is 0 Å². The molecule has 0 fully saturated rings. The van der Waals surface area contributed by atoms with Gasteiger partial charge in [0, 0.05) is 35.7 Å². The summed E-state index contributed by atoms with van der Waals surface area (Å²) in [5.41, 5.74) is 2.28. The fraction of sp³-hybridized carbons (Fsp3) is 0.308. The van der Waals surface area contributed by atoms with Crippen LogP contribution in [0.2, 0.25) is 0 Å². The van der Waals surface area contributed by atoms with Crippen molar-refractivity contribution in [2.75, 3.05) is 18.5 Å². The Labute approximate surface area is 104 Å². The highest BCUT2D eigenvalue weighted by atomic mass is 79.9. The van der Waals surface area contributed by atoms with Crippen molar-refractivity contribution in [3.8, 4) is 0 Å². The highest BCUT2D eigenvalue weighted by Gasteiger charge is 2.07. The van der Waals surface area contributed by atoms with E-state index >= 15 is 0 Å². The number of benzene rings is 1. The number of anilines is 1. The molecule has 3 heteroatoms. The first-order valence-electron chi connectivity index (χ1n) is 5.37. The molecular formula is C13H15BrN2. The molecule has 0 aliphatic heterocycles. The molecule has 2 rings (SSSR count). The number of alkyl halides is 1. The second-order valence-electron chi connectivity index (χ2n) is 4.01. The van der Waals surface area contributed by atoms with Crippen LogP contribution in [0, 0.1) is 0 Å². The van der Waals surface area contributed by atoms with E-state index in [-0.39, 0.29) is 0 Å². The molecule has 0 spiro atoms. The number of aromatic nitrogens is 1. The van der Waals surface area contributed by atoms with Crippen molar-refractivity contribution in [3.63, 3.8) is 0 Å². The number of para-hydroxylation sites is 1. The molecule has 0 N–H and O–H groups in total. The number of pyridine rings is 1. The van der Waals surface area contributed by atoms with Crippen LogP contribution in [0.1, 0.15) is 6.92 Å². The van der Waals surface area contributed by atoms with Gasteiger partial charge >= 0.3 is 0 Å². The largest absolute Gasteiger partial charge is 0.373 e. The third-order valence-corrected chi connectivity index (χ3v) is 2.85. The molecule has 0 amide bonds. The van der Waals surface area contributed by atoms with E-state index in [2.05, 4.69) is 58.0 Å². The molecule has 0 bridgehead atoms. The predicted molar refractivity (Wildman–Crippen MR) is 73.4 cm³/mol. The van der Waals surface area contributed by atoms with Crippen LogP contribution >= 0.6 is 15.9 Å². The molecule has 0 saturated carbocycles. The fourth-order valence-electron chi connectivity index (χ4n) is 1.89. The molecule has 1 unspecified atom stereocenters. The van der Waals surface area contributed by atoms with Gasteiger partial charge in [-0.05, 0) is 12.1 Å². The van der Waals surface area contributed by atoms with Gasteiger partial charge < -0.3 is 4.90 Å². The molecule has 0 aliphatic carbocycles. The molecule has 16 heavy (non-hydrogen) atoms. The van der Waals surface area contributed by atoms with E-state index in [9.17, 15) is 0 Å². The summed E-state index contributed by atoms with van der Waals surface area (Å²) in [6.07, 6.45) is 1.87. The van der Waals surface area contributed by atoms with Gasteiger partial charge in [-0.15, -0.1) is 0 Å². The molecule has 1 aromatic heterocycles. The molecular weight excluding hydrogens is 264 g/mol. The lowest BCUT2D eigenvalue weighted by molar-refractivity contribution is 0.880. The second kappa shape index (κ2) is 4.83. The van der Waals surface area contributed by atoms with Gasteiger partial charge in [0.2, 0.25) is 0 Å². The SMILES string of the molecule is CC(Br)CN(C)c1ccnc2ccccc12. The summed E-state index contributed by atoms with van der Waals surface area (Å²) in [5.74, 6) is 0. The van der Waals surface area contributed by atoms with E-state index in [0.29, 0.717) is 4.83 Å². The quantitative estimate of drug-likeness (QED) is 0.800. The smallest absolute Gasteiger partial charge is 0.0722 e. The topological polar surface area (TPSA) is 16.1 Å². The molecule has 1 atom stereocenters. The maximum Gasteiger partial charge on any atom is 0.0722 e. The molecule has 1 aromatic carbocycles. The molecule has 84 valence electrons. The minimum atomic E-state index is 0.476. The summed E-state index contributed by atoms with van der Waals surface area (Å²) in [7, 11) is 2.11. The summed E-state index contributed by atoms with van der Waals surface area (Å²) in [4.78, 5) is 7.09. The van der Waals surface area contributed by atoms with Gasteiger partial charge in [0.1, 0.15) is 0 Å². The van der Waals surface area contributed by atoms with E-state index in [1.165, 1.54) is 11.1 Å². The van der Waals surface area contributed by atoms with Gasteiger partial charge in [0.05, 0.1) is 5.52 Å². The Hall–Kier alpha value is -1.09. The molecule has 2 aromatic rings. The van der Waals surface area contributed by atoms with Crippen LogP contribution in [0.5, 0.6) is 0 Å². The summed E-state index contributed by atoms with van der Waals surface area (Å²) >= 11 is 3.58. The highest BCUT2D eigenvalue weighted by Crippen LogP contribution is 2.24. The van der Waals surface area contributed by atoms with Crippen molar-refractivity contribution in [1.29, 1.82) is 0 Å². The zero-order valence-corrected chi connectivity index (χ0v) is 11.1. The first kappa shape index (κ1) is 11.4. The number of rotatable bonds is 3. The maximum absolute atomic E-state index is 4.37. The first-order valence-corrected chi connectivity index (χ1v) is 6.29. The monoisotopic (exact) mass is 278 g/mol. The fourth-order valence-corrected chi connectivity index (χ4v) is 2.32. The minimum Gasteiger partial charge on any atom is -0.373 e. The number of nitrogens with zero attached hydrogens (tertiary/aromatic N) is 2. The van der Waals surface area contributed by atoms with Crippen molar-refractivity contribution >= 4 is 32.5 Å². The Morgan fingerprint density at radius 2 is 2.06 bits per heavy atom. The highest BCUT2D eigenvalue weighted by molar-refractivity contribution is 9.09. The Morgan fingerprint density at radius 1 is 1.31 bits per heavy atom. The summed E-state index contributed by atoms with van der Waals surface area (Å²) in [6.45, 7) is 3.13. The third kappa shape index (κ3) is 2.35. The lowest BCUT2D eigenvalue weighted by Gasteiger charge is -2.22. The summed E-state index contributed by atoms with van der Waals surface area (Å²) < 4.78 is 0. The predicted octanol–water partition coefficient (Wildman–Crippen LogP) is 3.45. The van der Waals surface area contributed by atoms with Crippen LogP contribution < -0.4 is 4.90 Å². The van der Waals surface area contributed by atoms with Crippen LogP contribution in [0.15, 0.2) is 36.5 Å².